The van der Waals surface area contributed by atoms with Crippen molar-refractivity contribution in [2.45, 2.75) is 45.8 Å². The lowest BCUT2D eigenvalue weighted by atomic mass is 9.64. The highest BCUT2D eigenvalue weighted by atomic mass is 35.5. The van der Waals surface area contributed by atoms with Crippen LogP contribution in [0.1, 0.15) is 37.0 Å². The van der Waals surface area contributed by atoms with E-state index in [1.54, 1.807) is 0 Å². The summed E-state index contributed by atoms with van der Waals surface area (Å²) in [7, 11) is 0. The first-order chi connectivity index (χ1) is 12.8. The van der Waals surface area contributed by atoms with Gasteiger partial charge in [0.1, 0.15) is 17.5 Å². The zero-order valence-electron chi connectivity index (χ0n) is 15.8. The van der Waals surface area contributed by atoms with E-state index in [0.29, 0.717) is 30.3 Å². The Morgan fingerprint density at radius 2 is 2.19 bits per heavy atom. The van der Waals surface area contributed by atoms with Gasteiger partial charge in [-0.3, -0.25) is 0 Å². The van der Waals surface area contributed by atoms with Gasteiger partial charge in [0.25, 0.3) is 0 Å². The van der Waals surface area contributed by atoms with E-state index in [0.717, 1.165) is 17.0 Å². The van der Waals surface area contributed by atoms with E-state index in [4.69, 9.17) is 11.6 Å². The third-order valence-electron chi connectivity index (χ3n) is 5.36. The molecule has 1 aliphatic rings. The number of aliphatic hydroxyl groups excluding tert-OH is 1. The van der Waals surface area contributed by atoms with Crippen molar-refractivity contribution >= 4 is 23.4 Å². The summed E-state index contributed by atoms with van der Waals surface area (Å²) in [5, 5.41) is 26.5. The molecule has 1 aliphatic carbocycles. The van der Waals surface area contributed by atoms with Crippen molar-refractivity contribution in [3.8, 4) is 6.07 Å². The van der Waals surface area contributed by atoms with Crippen LogP contribution in [0.5, 0.6) is 0 Å². The predicted molar refractivity (Wildman–Crippen MR) is 107 cm³/mol. The first kappa shape index (κ1) is 19.4. The van der Waals surface area contributed by atoms with E-state index in [2.05, 4.69) is 32.7 Å². The van der Waals surface area contributed by atoms with E-state index >= 15 is 0 Å². The normalized spacial score (nSPS) is 20.4. The lowest BCUT2D eigenvalue weighted by Crippen LogP contribution is -2.57. The molecule has 7 heteroatoms. The second-order valence-electron chi connectivity index (χ2n) is 7.60. The molecule has 1 heterocycles. The summed E-state index contributed by atoms with van der Waals surface area (Å²) in [6, 6.07) is 8.17. The van der Waals surface area contributed by atoms with Gasteiger partial charge >= 0.3 is 0 Å². The average molecular weight is 386 g/mol. The highest BCUT2D eigenvalue weighted by Crippen LogP contribution is 2.42. The Labute approximate surface area is 164 Å². The van der Waals surface area contributed by atoms with Crippen LogP contribution in [0.4, 0.5) is 11.8 Å². The van der Waals surface area contributed by atoms with Gasteiger partial charge in [-0.1, -0.05) is 37.6 Å². The summed E-state index contributed by atoms with van der Waals surface area (Å²) < 4.78 is 0. The molecule has 1 fully saturated rings. The number of aliphatic hydroxyl groups is 1. The first-order valence-electron chi connectivity index (χ1n) is 9.02. The van der Waals surface area contributed by atoms with Gasteiger partial charge in [0, 0.05) is 23.0 Å². The summed E-state index contributed by atoms with van der Waals surface area (Å²) in [6.45, 7) is 6.65. The van der Waals surface area contributed by atoms with E-state index in [1.165, 1.54) is 11.8 Å². The number of nitriles is 1. The molecule has 0 saturated heterocycles. The van der Waals surface area contributed by atoms with Crippen LogP contribution >= 0.6 is 11.6 Å². The molecule has 0 bridgehead atoms. The highest BCUT2D eigenvalue weighted by Gasteiger charge is 2.47. The lowest BCUT2D eigenvalue weighted by molar-refractivity contribution is -0.0511. The fraction of sp³-hybridized carbons (Fsp3) is 0.450. The molecule has 3 N–H and O–H groups in total. The van der Waals surface area contributed by atoms with Crippen molar-refractivity contribution in [1.29, 1.82) is 5.26 Å². The van der Waals surface area contributed by atoms with Crippen LogP contribution in [-0.2, 0) is 6.42 Å². The molecular formula is C20H24ClN5O. The molecule has 27 heavy (non-hydrogen) atoms. The van der Waals surface area contributed by atoms with Gasteiger partial charge in [-0.05, 0) is 37.0 Å². The molecule has 3 rings (SSSR count). The van der Waals surface area contributed by atoms with Gasteiger partial charge in [-0.25, -0.2) is 4.98 Å². The Morgan fingerprint density at radius 3 is 2.81 bits per heavy atom. The maximum atomic E-state index is 9.91. The molecule has 0 radical (unpaired) electrons. The Bertz CT molecular complexity index is 877. The molecule has 1 aromatic carbocycles. The summed E-state index contributed by atoms with van der Waals surface area (Å²) in [5.74, 6) is 0.974. The predicted octanol–water partition coefficient (Wildman–Crippen LogP) is 3.54. The number of halogens is 1. The van der Waals surface area contributed by atoms with Crippen LogP contribution in [0, 0.1) is 23.7 Å². The molecule has 6 nitrogen and oxygen atoms in total. The molecular weight excluding hydrogens is 362 g/mol. The number of hydrogen-bond acceptors (Lipinski definition) is 6. The van der Waals surface area contributed by atoms with Gasteiger partial charge < -0.3 is 15.7 Å². The second-order valence-corrected chi connectivity index (χ2v) is 8.00. The standard InChI is InChI=1S/C20H24ClN5O/c1-12-8-13(4-5-15(12)21)6-7-23-19-24-11-14(10-22)18(26-19)25-16-9-17(27)20(16,2)3/h4-5,8,11,16-17,27H,6-7,9H2,1-3H3,(H2,23,24,25,26)/t16-,17+/m1/s1. The maximum Gasteiger partial charge on any atom is 0.224 e. The zero-order chi connectivity index (χ0) is 19.6. The molecule has 1 aromatic heterocycles. The maximum absolute atomic E-state index is 9.91. The van der Waals surface area contributed by atoms with E-state index in [-0.39, 0.29) is 17.6 Å². The van der Waals surface area contributed by atoms with Crippen molar-refractivity contribution in [2.24, 2.45) is 5.41 Å². The Kier molecular flexibility index (Phi) is 5.54. The van der Waals surface area contributed by atoms with Gasteiger partial charge in [-0.2, -0.15) is 10.2 Å². The van der Waals surface area contributed by atoms with E-state index < -0.39 is 0 Å². The summed E-state index contributed by atoms with van der Waals surface area (Å²) in [4.78, 5) is 8.68. The number of benzene rings is 1. The van der Waals surface area contributed by atoms with Gasteiger partial charge in [0.15, 0.2) is 0 Å². The minimum absolute atomic E-state index is 0.0689. The Hall–Kier alpha value is -2.36. The Balaban J connectivity index is 1.64. The minimum atomic E-state index is -0.345. The number of anilines is 2. The quantitative estimate of drug-likeness (QED) is 0.704. The molecule has 142 valence electrons. The van der Waals surface area contributed by atoms with Crippen molar-refractivity contribution in [3.63, 3.8) is 0 Å². The number of aromatic nitrogens is 2. The summed E-state index contributed by atoms with van der Waals surface area (Å²) in [5.41, 5.74) is 2.38. The summed E-state index contributed by atoms with van der Waals surface area (Å²) >= 11 is 6.06. The second kappa shape index (κ2) is 7.71. The first-order valence-corrected chi connectivity index (χ1v) is 9.39. The van der Waals surface area contributed by atoms with Crippen LogP contribution in [0.2, 0.25) is 5.02 Å². The molecule has 2 atom stereocenters. The summed E-state index contributed by atoms with van der Waals surface area (Å²) in [6.07, 6.45) is 2.63. The number of rotatable bonds is 6. The Morgan fingerprint density at radius 1 is 1.41 bits per heavy atom. The lowest BCUT2D eigenvalue weighted by Gasteiger charge is -2.49. The number of hydrogen-bond donors (Lipinski definition) is 3. The molecule has 1 saturated carbocycles. The highest BCUT2D eigenvalue weighted by molar-refractivity contribution is 6.31. The molecule has 2 aromatic rings. The smallest absolute Gasteiger partial charge is 0.224 e. The SMILES string of the molecule is Cc1cc(CCNc2ncc(C#N)c(N[C@@H]3C[C@H](O)C3(C)C)n2)ccc1Cl. The molecule has 0 aliphatic heterocycles. The monoisotopic (exact) mass is 385 g/mol. The van der Waals surface area contributed by atoms with Crippen LogP contribution < -0.4 is 10.6 Å². The zero-order valence-corrected chi connectivity index (χ0v) is 16.5. The molecule has 0 spiro atoms. The van der Waals surface area contributed by atoms with Crippen molar-refractivity contribution in [2.75, 3.05) is 17.2 Å². The molecule has 0 amide bonds. The third-order valence-corrected chi connectivity index (χ3v) is 5.78. The number of aryl methyl sites for hydroxylation is 1. The fourth-order valence-electron chi connectivity index (χ4n) is 3.15. The van der Waals surface area contributed by atoms with E-state index in [1.807, 2.05) is 32.9 Å². The van der Waals surface area contributed by atoms with Gasteiger partial charge in [0.2, 0.25) is 5.95 Å². The van der Waals surface area contributed by atoms with Gasteiger partial charge in [-0.15, -0.1) is 0 Å². The van der Waals surface area contributed by atoms with Crippen molar-refractivity contribution in [3.05, 3.63) is 46.1 Å². The van der Waals surface area contributed by atoms with Crippen LogP contribution in [-0.4, -0.2) is 33.8 Å². The topological polar surface area (TPSA) is 93.9 Å². The van der Waals surface area contributed by atoms with Crippen molar-refractivity contribution in [1.82, 2.24) is 9.97 Å². The third kappa shape index (κ3) is 4.15. The van der Waals surface area contributed by atoms with Crippen LogP contribution in [0.3, 0.4) is 0 Å². The number of nitrogens with zero attached hydrogens (tertiary/aromatic N) is 3. The fourth-order valence-corrected chi connectivity index (χ4v) is 3.27. The average Bonchev–Trinajstić information content (AvgIpc) is 2.64. The van der Waals surface area contributed by atoms with Crippen LogP contribution in [0.15, 0.2) is 24.4 Å². The van der Waals surface area contributed by atoms with E-state index in [9.17, 15) is 10.4 Å². The molecule has 0 unspecified atom stereocenters. The van der Waals surface area contributed by atoms with Crippen molar-refractivity contribution < 1.29 is 5.11 Å². The number of nitrogens with one attached hydrogen (secondary N) is 2. The van der Waals surface area contributed by atoms with Crippen LogP contribution in [0.25, 0.3) is 0 Å². The minimum Gasteiger partial charge on any atom is -0.392 e. The largest absolute Gasteiger partial charge is 0.392 e. The van der Waals surface area contributed by atoms with Gasteiger partial charge in [0.05, 0.1) is 12.3 Å².